The number of nitrogens with zero attached hydrogens (tertiary/aromatic N) is 1. The molecule has 0 radical (unpaired) electrons. The van der Waals surface area contributed by atoms with Gasteiger partial charge in [0.15, 0.2) is 0 Å². The van der Waals surface area contributed by atoms with Gasteiger partial charge in [0.05, 0.1) is 0 Å². The summed E-state index contributed by atoms with van der Waals surface area (Å²) in [5, 5.41) is 0. The van der Waals surface area contributed by atoms with E-state index >= 15 is 0 Å². The molecule has 0 bridgehead atoms. The highest BCUT2D eigenvalue weighted by molar-refractivity contribution is 5.15. The van der Waals surface area contributed by atoms with Gasteiger partial charge in [-0.15, -0.1) is 0 Å². The molecule has 0 saturated carbocycles. The van der Waals surface area contributed by atoms with Crippen LogP contribution < -0.4 is 5.73 Å². The van der Waals surface area contributed by atoms with Crippen LogP contribution in [0.15, 0.2) is 24.3 Å². The van der Waals surface area contributed by atoms with E-state index in [1.807, 2.05) is 12.1 Å². The Morgan fingerprint density at radius 1 is 1.17 bits per heavy atom. The van der Waals surface area contributed by atoms with E-state index in [4.69, 9.17) is 5.73 Å². The molecule has 1 aromatic rings. The molecule has 1 rings (SSSR count). The molecule has 0 amide bonds. The summed E-state index contributed by atoms with van der Waals surface area (Å²) in [5.74, 6) is 0.551. The average Bonchev–Trinajstić information content (AvgIpc) is 2.35. The van der Waals surface area contributed by atoms with Crippen LogP contribution in [0.25, 0.3) is 0 Å². The second-order valence-electron chi connectivity index (χ2n) is 5.21. The zero-order chi connectivity index (χ0) is 13.4. The van der Waals surface area contributed by atoms with Crippen LogP contribution in [0.4, 0.5) is 4.39 Å². The molecule has 18 heavy (non-hydrogen) atoms. The molecule has 0 heterocycles. The van der Waals surface area contributed by atoms with Gasteiger partial charge in [-0.3, -0.25) is 4.90 Å². The fourth-order valence-electron chi connectivity index (χ4n) is 1.89. The van der Waals surface area contributed by atoms with Crippen LogP contribution in [-0.2, 0) is 6.42 Å². The predicted molar refractivity (Wildman–Crippen MR) is 74.8 cm³/mol. The number of aryl methyl sites for hydroxylation is 1. The summed E-state index contributed by atoms with van der Waals surface area (Å²) in [4.78, 5) is 2.28. The quantitative estimate of drug-likeness (QED) is 0.721. The Bertz CT molecular complexity index is 322. The Balaban J connectivity index is 2.24. The van der Waals surface area contributed by atoms with Gasteiger partial charge < -0.3 is 5.73 Å². The predicted octanol–water partition coefficient (Wildman–Crippen LogP) is 3.02. The molecule has 0 aliphatic heterocycles. The van der Waals surface area contributed by atoms with Crippen molar-refractivity contribution in [2.75, 3.05) is 19.8 Å². The molecule has 0 aromatic heterocycles. The highest BCUT2D eigenvalue weighted by Gasteiger charge is 2.04. The number of rotatable bonds is 8. The van der Waals surface area contributed by atoms with E-state index in [0.29, 0.717) is 6.67 Å². The van der Waals surface area contributed by atoms with E-state index in [1.165, 1.54) is 24.1 Å². The molecule has 0 spiro atoms. The number of hydrogen-bond donors (Lipinski definition) is 1. The molecule has 2 nitrogen and oxygen atoms in total. The van der Waals surface area contributed by atoms with Crippen LogP contribution in [0.3, 0.4) is 0 Å². The fraction of sp³-hybridized carbons (Fsp3) is 0.600. The Labute approximate surface area is 110 Å². The lowest BCUT2D eigenvalue weighted by atomic mass is 10.1. The smallest absolute Gasteiger partial charge is 0.123 e. The number of nitrogens with two attached hydrogens (primary N) is 1. The van der Waals surface area contributed by atoms with Crippen molar-refractivity contribution in [2.45, 2.75) is 33.1 Å². The van der Waals surface area contributed by atoms with Crippen LogP contribution in [0.2, 0.25) is 0 Å². The van der Waals surface area contributed by atoms with E-state index in [1.54, 1.807) is 0 Å². The third kappa shape index (κ3) is 6.12. The Morgan fingerprint density at radius 2 is 1.83 bits per heavy atom. The van der Waals surface area contributed by atoms with Gasteiger partial charge in [-0.2, -0.15) is 0 Å². The molecular formula is C15H25FN2. The number of benzene rings is 1. The summed E-state index contributed by atoms with van der Waals surface area (Å²) >= 11 is 0. The van der Waals surface area contributed by atoms with Gasteiger partial charge in [-0.1, -0.05) is 26.0 Å². The normalized spacial score (nSPS) is 11.4. The van der Waals surface area contributed by atoms with Gasteiger partial charge in [-0.25, -0.2) is 4.39 Å². The maximum atomic E-state index is 12.7. The van der Waals surface area contributed by atoms with Crippen molar-refractivity contribution in [3.63, 3.8) is 0 Å². The number of hydrogen-bond acceptors (Lipinski definition) is 2. The zero-order valence-electron chi connectivity index (χ0n) is 11.5. The van der Waals surface area contributed by atoms with Crippen molar-refractivity contribution >= 4 is 0 Å². The standard InChI is InChI=1S/C15H25FN2/c1-13(2)9-11-18(12-17)10-3-4-14-5-7-15(16)8-6-14/h5-8,13H,3-4,9-12,17H2,1-2H3. The van der Waals surface area contributed by atoms with E-state index < -0.39 is 0 Å². The second-order valence-corrected chi connectivity index (χ2v) is 5.21. The molecule has 1 aromatic carbocycles. The van der Waals surface area contributed by atoms with Crippen LogP contribution >= 0.6 is 0 Å². The highest BCUT2D eigenvalue weighted by atomic mass is 19.1. The topological polar surface area (TPSA) is 29.3 Å². The van der Waals surface area contributed by atoms with Gasteiger partial charge in [0, 0.05) is 6.67 Å². The summed E-state index contributed by atoms with van der Waals surface area (Å²) in [6, 6.07) is 6.76. The SMILES string of the molecule is CC(C)CCN(CN)CCCc1ccc(F)cc1. The molecule has 3 heteroatoms. The molecule has 0 fully saturated rings. The van der Waals surface area contributed by atoms with E-state index in [2.05, 4.69) is 18.7 Å². The first kappa shape index (κ1) is 15.1. The van der Waals surface area contributed by atoms with Gasteiger partial charge in [0.1, 0.15) is 5.82 Å². The maximum Gasteiger partial charge on any atom is 0.123 e. The van der Waals surface area contributed by atoms with Crippen LogP contribution in [0.1, 0.15) is 32.3 Å². The first-order valence-electron chi connectivity index (χ1n) is 6.78. The first-order valence-corrected chi connectivity index (χ1v) is 6.78. The van der Waals surface area contributed by atoms with Gasteiger partial charge in [-0.05, 0) is 56.0 Å². The van der Waals surface area contributed by atoms with Gasteiger partial charge in [0.25, 0.3) is 0 Å². The van der Waals surface area contributed by atoms with Crippen molar-refractivity contribution in [1.29, 1.82) is 0 Å². The van der Waals surface area contributed by atoms with Crippen molar-refractivity contribution in [2.24, 2.45) is 11.7 Å². The summed E-state index contributed by atoms with van der Waals surface area (Å²) in [6.07, 6.45) is 3.24. The molecule has 0 saturated heterocycles. The summed E-state index contributed by atoms with van der Waals surface area (Å²) in [6.45, 7) is 7.16. The highest BCUT2D eigenvalue weighted by Crippen LogP contribution is 2.07. The minimum Gasteiger partial charge on any atom is -0.318 e. The van der Waals surface area contributed by atoms with Gasteiger partial charge in [0.2, 0.25) is 0 Å². The maximum absolute atomic E-state index is 12.7. The monoisotopic (exact) mass is 252 g/mol. The lowest BCUT2D eigenvalue weighted by Crippen LogP contribution is -2.32. The Hall–Kier alpha value is -0.930. The van der Waals surface area contributed by atoms with Crippen molar-refractivity contribution in [3.8, 4) is 0 Å². The summed E-state index contributed by atoms with van der Waals surface area (Å²) in [7, 11) is 0. The van der Waals surface area contributed by atoms with Crippen molar-refractivity contribution in [1.82, 2.24) is 4.90 Å². The van der Waals surface area contributed by atoms with Crippen molar-refractivity contribution in [3.05, 3.63) is 35.6 Å². The summed E-state index contributed by atoms with van der Waals surface area (Å²) in [5.41, 5.74) is 6.93. The molecule has 2 N–H and O–H groups in total. The number of halogens is 1. The second kappa shape index (κ2) is 8.22. The van der Waals surface area contributed by atoms with Crippen LogP contribution in [0, 0.1) is 11.7 Å². The van der Waals surface area contributed by atoms with Gasteiger partial charge >= 0.3 is 0 Å². The van der Waals surface area contributed by atoms with Crippen molar-refractivity contribution < 1.29 is 4.39 Å². The van der Waals surface area contributed by atoms with Crippen LogP contribution in [-0.4, -0.2) is 24.7 Å². The molecule has 0 unspecified atom stereocenters. The van der Waals surface area contributed by atoms with E-state index in [0.717, 1.165) is 31.8 Å². The lowest BCUT2D eigenvalue weighted by molar-refractivity contribution is 0.261. The van der Waals surface area contributed by atoms with E-state index in [9.17, 15) is 4.39 Å². The molecule has 0 atom stereocenters. The van der Waals surface area contributed by atoms with E-state index in [-0.39, 0.29) is 5.82 Å². The molecule has 0 aliphatic carbocycles. The van der Waals surface area contributed by atoms with Crippen LogP contribution in [0.5, 0.6) is 0 Å². The Morgan fingerprint density at radius 3 is 2.39 bits per heavy atom. The lowest BCUT2D eigenvalue weighted by Gasteiger charge is -2.21. The first-order chi connectivity index (χ1) is 8.61. The Kier molecular flexibility index (Phi) is 6.91. The average molecular weight is 252 g/mol. The molecule has 102 valence electrons. The summed E-state index contributed by atoms with van der Waals surface area (Å²) < 4.78 is 12.7. The third-order valence-corrected chi connectivity index (χ3v) is 3.13. The molecular weight excluding hydrogens is 227 g/mol. The third-order valence-electron chi connectivity index (χ3n) is 3.13. The minimum atomic E-state index is -0.167. The largest absolute Gasteiger partial charge is 0.318 e. The zero-order valence-corrected chi connectivity index (χ0v) is 11.5. The minimum absolute atomic E-state index is 0.167. The fourth-order valence-corrected chi connectivity index (χ4v) is 1.89. The molecule has 0 aliphatic rings.